The summed E-state index contributed by atoms with van der Waals surface area (Å²) in [7, 11) is -4.15. The van der Waals surface area contributed by atoms with Gasteiger partial charge in [-0.2, -0.15) is 0 Å². The number of carbonyl (C=O) groups is 2. The van der Waals surface area contributed by atoms with E-state index in [1.807, 2.05) is 13.8 Å². The molecule has 3 aromatic carbocycles. The number of carbonyl (C=O) groups excluding carboxylic acids is 2. The molecule has 0 radical (unpaired) electrons. The average Bonchev–Trinajstić information content (AvgIpc) is 2.89. The number of benzene rings is 3. The predicted octanol–water partition coefficient (Wildman–Crippen LogP) is 5.44. The molecule has 0 bridgehead atoms. The first-order valence-electron chi connectivity index (χ1n) is 12.2. The lowest BCUT2D eigenvalue weighted by molar-refractivity contribution is -0.139. The predicted molar refractivity (Wildman–Crippen MR) is 152 cm³/mol. The van der Waals surface area contributed by atoms with Gasteiger partial charge in [0, 0.05) is 23.1 Å². The van der Waals surface area contributed by atoms with Gasteiger partial charge in [0.2, 0.25) is 11.8 Å². The van der Waals surface area contributed by atoms with Gasteiger partial charge in [0.15, 0.2) is 0 Å². The maximum Gasteiger partial charge on any atom is 0.264 e. The molecule has 0 aliphatic heterocycles. The zero-order valence-corrected chi connectivity index (χ0v) is 23.9. The van der Waals surface area contributed by atoms with Crippen molar-refractivity contribution in [3.8, 4) is 0 Å². The van der Waals surface area contributed by atoms with Crippen LogP contribution in [-0.2, 0) is 26.2 Å². The fourth-order valence-corrected chi connectivity index (χ4v) is 5.48. The summed E-state index contributed by atoms with van der Waals surface area (Å²) in [6.45, 7) is 5.43. The van der Waals surface area contributed by atoms with Crippen LogP contribution in [0.15, 0.2) is 77.7 Å². The largest absolute Gasteiger partial charge is 0.354 e. The van der Waals surface area contributed by atoms with E-state index in [4.69, 9.17) is 23.2 Å². The van der Waals surface area contributed by atoms with Gasteiger partial charge in [0.25, 0.3) is 10.0 Å². The van der Waals surface area contributed by atoms with E-state index in [2.05, 4.69) is 5.32 Å². The van der Waals surface area contributed by atoms with E-state index in [-0.39, 0.29) is 23.0 Å². The Balaban J connectivity index is 2.01. The Hall–Kier alpha value is -3.07. The molecule has 202 valence electrons. The van der Waals surface area contributed by atoms with E-state index in [9.17, 15) is 18.0 Å². The summed E-state index contributed by atoms with van der Waals surface area (Å²) in [6.07, 6.45) is 0.737. The molecule has 0 heterocycles. The molecule has 0 fully saturated rings. The SMILES string of the molecule is CCCNC(=O)[C@@H](C)N(Cc1ccc(Cl)cc1)C(=O)CN(c1cccc(Cl)c1)S(=O)(=O)c1ccc(C)cc1. The first-order valence-corrected chi connectivity index (χ1v) is 14.4. The van der Waals surface area contributed by atoms with E-state index in [1.165, 1.54) is 23.1 Å². The number of amides is 2. The van der Waals surface area contributed by atoms with Crippen molar-refractivity contribution in [3.63, 3.8) is 0 Å². The third-order valence-electron chi connectivity index (χ3n) is 5.97. The van der Waals surface area contributed by atoms with Gasteiger partial charge in [0.1, 0.15) is 12.6 Å². The number of nitrogens with one attached hydrogen (secondary N) is 1. The maximum atomic E-state index is 13.8. The van der Waals surface area contributed by atoms with E-state index in [0.29, 0.717) is 16.6 Å². The molecule has 38 heavy (non-hydrogen) atoms. The molecule has 1 atom stereocenters. The molecule has 7 nitrogen and oxygen atoms in total. The molecule has 0 unspecified atom stereocenters. The summed E-state index contributed by atoms with van der Waals surface area (Å²) in [5.41, 5.74) is 1.88. The number of rotatable bonds is 11. The Bertz CT molecular complexity index is 1360. The van der Waals surface area contributed by atoms with Crippen molar-refractivity contribution in [2.24, 2.45) is 0 Å². The van der Waals surface area contributed by atoms with Gasteiger partial charge in [-0.25, -0.2) is 8.42 Å². The molecule has 10 heteroatoms. The number of hydrogen-bond donors (Lipinski definition) is 1. The Morgan fingerprint density at radius 2 is 1.61 bits per heavy atom. The highest BCUT2D eigenvalue weighted by molar-refractivity contribution is 7.92. The van der Waals surface area contributed by atoms with E-state index in [1.54, 1.807) is 61.5 Å². The van der Waals surface area contributed by atoms with Crippen LogP contribution in [-0.4, -0.2) is 44.3 Å². The highest BCUT2D eigenvalue weighted by Crippen LogP contribution is 2.27. The average molecular weight is 577 g/mol. The molecule has 3 aromatic rings. The van der Waals surface area contributed by atoms with Crippen LogP contribution in [0.5, 0.6) is 0 Å². The zero-order valence-electron chi connectivity index (χ0n) is 21.5. The summed E-state index contributed by atoms with van der Waals surface area (Å²) in [6, 6.07) is 18.7. The summed E-state index contributed by atoms with van der Waals surface area (Å²) in [5.74, 6) is -0.875. The van der Waals surface area contributed by atoms with Crippen molar-refractivity contribution in [2.45, 2.75) is 44.7 Å². The molecule has 0 aromatic heterocycles. The van der Waals surface area contributed by atoms with Crippen molar-refractivity contribution >= 4 is 50.7 Å². The van der Waals surface area contributed by atoms with Crippen LogP contribution in [0.25, 0.3) is 0 Å². The van der Waals surface area contributed by atoms with Crippen molar-refractivity contribution in [3.05, 3.63) is 94.0 Å². The van der Waals surface area contributed by atoms with Crippen LogP contribution >= 0.6 is 23.2 Å². The molecule has 1 N–H and O–H groups in total. The Kier molecular flexibility index (Phi) is 10.2. The molecular formula is C28H31Cl2N3O4S. The second-order valence-electron chi connectivity index (χ2n) is 8.92. The smallest absolute Gasteiger partial charge is 0.264 e. The Morgan fingerprint density at radius 1 is 0.947 bits per heavy atom. The first kappa shape index (κ1) is 29.5. The van der Waals surface area contributed by atoms with Crippen molar-refractivity contribution in [1.29, 1.82) is 0 Å². The molecule has 0 saturated carbocycles. The number of aryl methyl sites for hydroxylation is 1. The minimum absolute atomic E-state index is 0.0360. The van der Waals surface area contributed by atoms with Crippen LogP contribution in [0.1, 0.15) is 31.4 Å². The van der Waals surface area contributed by atoms with Gasteiger partial charge in [-0.05, 0) is 68.3 Å². The van der Waals surface area contributed by atoms with Crippen LogP contribution < -0.4 is 9.62 Å². The highest BCUT2D eigenvalue weighted by atomic mass is 35.5. The van der Waals surface area contributed by atoms with E-state index >= 15 is 0 Å². The molecule has 0 aliphatic rings. The second-order valence-corrected chi connectivity index (χ2v) is 11.7. The summed E-state index contributed by atoms with van der Waals surface area (Å²) >= 11 is 12.2. The number of anilines is 1. The fraction of sp³-hybridized carbons (Fsp3) is 0.286. The summed E-state index contributed by atoms with van der Waals surface area (Å²) in [4.78, 5) is 28.1. The van der Waals surface area contributed by atoms with Gasteiger partial charge in [0.05, 0.1) is 10.6 Å². The molecular weight excluding hydrogens is 545 g/mol. The topological polar surface area (TPSA) is 86.8 Å². The lowest BCUT2D eigenvalue weighted by Gasteiger charge is -2.32. The minimum atomic E-state index is -4.15. The maximum absolute atomic E-state index is 13.8. The van der Waals surface area contributed by atoms with Crippen LogP contribution in [0.3, 0.4) is 0 Å². The van der Waals surface area contributed by atoms with Gasteiger partial charge in [-0.1, -0.05) is 66.0 Å². The van der Waals surface area contributed by atoms with Crippen molar-refractivity contribution < 1.29 is 18.0 Å². The van der Waals surface area contributed by atoms with E-state index < -0.39 is 28.5 Å². The van der Waals surface area contributed by atoms with Crippen LogP contribution in [0.2, 0.25) is 10.0 Å². The standard InChI is InChI=1S/C28H31Cl2N3O4S/c1-4-16-31-28(35)21(3)32(18-22-10-12-23(29)13-11-22)27(34)19-33(25-7-5-6-24(30)17-25)38(36,37)26-14-8-20(2)9-15-26/h5-15,17,21H,4,16,18-19H2,1-3H3,(H,31,35)/t21-/m1/s1. The Labute approximate surface area is 234 Å². The van der Waals surface area contributed by atoms with Gasteiger partial charge >= 0.3 is 0 Å². The molecule has 0 aliphatic carbocycles. The van der Waals surface area contributed by atoms with Crippen molar-refractivity contribution in [1.82, 2.24) is 10.2 Å². The third-order valence-corrected chi connectivity index (χ3v) is 8.24. The fourth-order valence-electron chi connectivity index (χ4n) is 3.76. The normalized spacial score (nSPS) is 12.0. The lowest BCUT2D eigenvalue weighted by atomic mass is 10.1. The monoisotopic (exact) mass is 575 g/mol. The number of hydrogen-bond acceptors (Lipinski definition) is 4. The summed E-state index contributed by atoms with van der Waals surface area (Å²) < 4.78 is 28.6. The van der Waals surface area contributed by atoms with Crippen LogP contribution in [0.4, 0.5) is 5.69 Å². The number of sulfonamides is 1. The third kappa shape index (κ3) is 7.49. The molecule has 3 rings (SSSR count). The molecule has 2 amide bonds. The first-order chi connectivity index (χ1) is 18.0. The second kappa shape index (κ2) is 13.1. The van der Waals surface area contributed by atoms with Gasteiger partial charge in [-0.15, -0.1) is 0 Å². The number of halogens is 2. The number of nitrogens with zero attached hydrogens (tertiary/aromatic N) is 2. The van der Waals surface area contributed by atoms with Crippen molar-refractivity contribution in [2.75, 3.05) is 17.4 Å². The summed E-state index contributed by atoms with van der Waals surface area (Å²) in [5, 5.41) is 3.68. The van der Waals surface area contributed by atoms with Gasteiger partial charge < -0.3 is 10.2 Å². The molecule has 0 spiro atoms. The quantitative estimate of drug-likeness (QED) is 0.330. The van der Waals surface area contributed by atoms with Crippen LogP contribution in [0, 0.1) is 6.92 Å². The van der Waals surface area contributed by atoms with E-state index in [0.717, 1.165) is 21.9 Å². The lowest BCUT2D eigenvalue weighted by Crippen LogP contribution is -2.51. The highest BCUT2D eigenvalue weighted by Gasteiger charge is 2.32. The zero-order chi connectivity index (χ0) is 27.9. The minimum Gasteiger partial charge on any atom is -0.354 e. The Morgan fingerprint density at radius 3 is 2.21 bits per heavy atom. The molecule has 0 saturated heterocycles. The van der Waals surface area contributed by atoms with Gasteiger partial charge in [-0.3, -0.25) is 13.9 Å².